The molecule has 10 unspecified atom stereocenters. The molecule has 1 N–H and O–H groups in total. The summed E-state index contributed by atoms with van der Waals surface area (Å²) in [4.78, 5) is 0. The van der Waals surface area contributed by atoms with Crippen molar-refractivity contribution in [1.29, 1.82) is 0 Å². The van der Waals surface area contributed by atoms with E-state index in [4.69, 9.17) is 0 Å². The predicted octanol–water partition coefficient (Wildman–Crippen LogP) is 8.02. The number of aliphatic hydroxyl groups excluding tert-OH is 1. The van der Waals surface area contributed by atoms with Gasteiger partial charge in [0.1, 0.15) is 0 Å². The van der Waals surface area contributed by atoms with E-state index in [0.717, 1.165) is 54.3 Å². The molecule has 1 heteroatoms. The molecule has 0 spiro atoms. The maximum Gasteiger partial charge on any atom is 0.0577 e. The molecule has 5 aliphatic rings. The standard InChI is InChI=1S/C30H50O/c1-19(2)30(18-21(30)4)16-11-20(3)25-9-10-26-24-8-7-22-17-23(31)12-14-28(22,5)27(24)13-15-29(25,26)6/h7,19-21,23-27,31H,8-18H2,1-6H3. The molecular formula is C30H50O. The first kappa shape index (κ1) is 22.5. The highest BCUT2D eigenvalue weighted by molar-refractivity contribution is 5.25. The second-order valence-electron chi connectivity index (χ2n) is 13.9. The van der Waals surface area contributed by atoms with Gasteiger partial charge in [0.05, 0.1) is 6.10 Å². The van der Waals surface area contributed by atoms with Gasteiger partial charge in [-0.3, -0.25) is 0 Å². The molecule has 4 saturated carbocycles. The number of aliphatic hydroxyl groups is 1. The van der Waals surface area contributed by atoms with Crippen LogP contribution in [0.3, 0.4) is 0 Å². The van der Waals surface area contributed by atoms with Crippen LogP contribution in [-0.2, 0) is 0 Å². The molecule has 5 rings (SSSR count). The van der Waals surface area contributed by atoms with Crippen molar-refractivity contribution in [3.63, 3.8) is 0 Å². The Hall–Kier alpha value is -0.300. The van der Waals surface area contributed by atoms with Gasteiger partial charge in [-0.05, 0) is 128 Å². The van der Waals surface area contributed by atoms with Crippen molar-refractivity contribution in [3.8, 4) is 0 Å². The molecule has 5 aliphatic carbocycles. The van der Waals surface area contributed by atoms with Crippen LogP contribution in [0, 0.1) is 57.7 Å². The fourth-order valence-corrected chi connectivity index (χ4v) is 10.3. The SMILES string of the molecule is CC(CCC1(C(C)C)CC1C)C1CCC2C3CC=C4CC(O)CCC4(C)C3CCC12C. The summed E-state index contributed by atoms with van der Waals surface area (Å²) in [5.74, 6) is 6.39. The lowest BCUT2D eigenvalue weighted by Gasteiger charge is -2.58. The van der Waals surface area contributed by atoms with E-state index in [0.29, 0.717) is 16.2 Å². The first-order chi connectivity index (χ1) is 14.6. The number of hydrogen-bond acceptors (Lipinski definition) is 1. The van der Waals surface area contributed by atoms with Crippen molar-refractivity contribution in [1.82, 2.24) is 0 Å². The maximum atomic E-state index is 10.3. The van der Waals surface area contributed by atoms with Crippen LogP contribution in [0.25, 0.3) is 0 Å². The fraction of sp³-hybridized carbons (Fsp3) is 0.933. The Bertz CT molecular complexity index is 722. The van der Waals surface area contributed by atoms with Crippen LogP contribution < -0.4 is 0 Å². The van der Waals surface area contributed by atoms with Crippen LogP contribution in [0.15, 0.2) is 11.6 Å². The zero-order chi connectivity index (χ0) is 22.2. The second-order valence-corrected chi connectivity index (χ2v) is 13.9. The van der Waals surface area contributed by atoms with Crippen LogP contribution in [-0.4, -0.2) is 11.2 Å². The van der Waals surface area contributed by atoms with Gasteiger partial charge in [0, 0.05) is 0 Å². The third-order valence-electron chi connectivity index (χ3n) is 12.6. The van der Waals surface area contributed by atoms with Gasteiger partial charge in [-0.2, -0.15) is 0 Å². The highest BCUT2D eigenvalue weighted by atomic mass is 16.3. The Morgan fingerprint density at radius 2 is 1.77 bits per heavy atom. The summed E-state index contributed by atoms with van der Waals surface area (Å²) in [6.45, 7) is 15.3. The molecule has 0 aromatic heterocycles. The molecule has 0 aromatic rings. The summed E-state index contributed by atoms with van der Waals surface area (Å²) < 4.78 is 0. The van der Waals surface area contributed by atoms with E-state index in [2.05, 4.69) is 47.6 Å². The second kappa shape index (κ2) is 7.61. The first-order valence-electron chi connectivity index (χ1n) is 14.0. The van der Waals surface area contributed by atoms with Crippen molar-refractivity contribution >= 4 is 0 Å². The highest BCUT2D eigenvalue weighted by Gasteiger charge is 2.59. The molecule has 0 amide bonds. The lowest BCUT2D eigenvalue weighted by molar-refractivity contribution is -0.0576. The van der Waals surface area contributed by atoms with E-state index < -0.39 is 0 Å². The molecule has 31 heavy (non-hydrogen) atoms. The third kappa shape index (κ3) is 3.33. The van der Waals surface area contributed by atoms with Crippen LogP contribution in [0.2, 0.25) is 0 Å². The van der Waals surface area contributed by atoms with E-state index in [1.54, 1.807) is 5.57 Å². The molecule has 0 saturated heterocycles. The summed E-state index contributed by atoms with van der Waals surface area (Å²) in [7, 11) is 0. The zero-order valence-corrected chi connectivity index (χ0v) is 21.4. The lowest BCUT2D eigenvalue weighted by Crippen LogP contribution is -2.50. The van der Waals surface area contributed by atoms with Crippen molar-refractivity contribution in [2.45, 2.75) is 118 Å². The maximum absolute atomic E-state index is 10.3. The third-order valence-corrected chi connectivity index (χ3v) is 12.6. The zero-order valence-electron chi connectivity index (χ0n) is 21.4. The minimum atomic E-state index is -0.0789. The monoisotopic (exact) mass is 426 g/mol. The van der Waals surface area contributed by atoms with E-state index >= 15 is 0 Å². The van der Waals surface area contributed by atoms with Crippen LogP contribution in [0.1, 0.15) is 112 Å². The summed E-state index contributed by atoms with van der Waals surface area (Å²) in [5.41, 5.74) is 3.27. The largest absolute Gasteiger partial charge is 0.393 e. The molecule has 0 aliphatic heterocycles. The Kier molecular flexibility index (Phi) is 5.52. The molecular weight excluding hydrogens is 376 g/mol. The Balaban J connectivity index is 1.30. The summed E-state index contributed by atoms with van der Waals surface area (Å²) in [5, 5.41) is 10.3. The molecule has 0 aromatic carbocycles. The molecule has 0 radical (unpaired) electrons. The van der Waals surface area contributed by atoms with Gasteiger partial charge in [-0.15, -0.1) is 0 Å². The summed E-state index contributed by atoms with van der Waals surface area (Å²) >= 11 is 0. The molecule has 0 heterocycles. The van der Waals surface area contributed by atoms with E-state index in [-0.39, 0.29) is 6.10 Å². The van der Waals surface area contributed by atoms with Crippen molar-refractivity contribution < 1.29 is 5.11 Å². The first-order valence-corrected chi connectivity index (χ1v) is 14.0. The highest BCUT2D eigenvalue weighted by Crippen LogP contribution is 2.68. The Morgan fingerprint density at radius 1 is 1.03 bits per heavy atom. The normalized spacial score (nSPS) is 52.2. The van der Waals surface area contributed by atoms with Gasteiger partial charge >= 0.3 is 0 Å². The van der Waals surface area contributed by atoms with Crippen LogP contribution in [0.5, 0.6) is 0 Å². The topological polar surface area (TPSA) is 20.2 Å². The quantitative estimate of drug-likeness (QED) is 0.441. The Labute approximate surface area is 192 Å². The predicted molar refractivity (Wildman–Crippen MR) is 131 cm³/mol. The fourth-order valence-electron chi connectivity index (χ4n) is 10.3. The van der Waals surface area contributed by atoms with Gasteiger partial charge in [0.2, 0.25) is 0 Å². The minimum absolute atomic E-state index is 0.0789. The van der Waals surface area contributed by atoms with E-state index in [1.165, 1.54) is 57.8 Å². The molecule has 0 bridgehead atoms. The van der Waals surface area contributed by atoms with Gasteiger partial charge in [-0.1, -0.05) is 53.2 Å². The number of fused-ring (bicyclic) bond motifs is 5. The summed E-state index contributed by atoms with van der Waals surface area (Å²) in [6.07, 6.45) is 17.3. The minimum Gasteiger partial charge on any atom is -0.393 e. The van der Waals surface area contributed by atoms with Crippen molar-refractivity contribution in [2.24, 2.45) is 57.7 Å². The Morgan fingerprint density at radius 3 is 2.45 bits per heavy atom. The number of allylic oxidation sites excluding steroid dienone is 1. The molecule has 1 nitrogen and oxygen atoms in total. The molecule has 176 valence electrons. The van der Waals surface area contributed by atoms with Gasteiger partial charge in [0.15, 0.2) is 0 Å². The average Bonchev–Trinajstić information content (AvgIpc) is 3.25. The molecule has 4 fully saturated rings. The number of rotatable bonds is 5. The van der Waals surface area contributed by atoms with Crippen molar-refractivity contribution in [2.75, 3.05) is 0 Å². The average molecular weight is 427 g/mol. The van der Waals surface area contributed by atoms with E-state index in [1.807, 2.05) is 0 Å². The van der Waals surface area contributed by atoms with Crippen LogP contribution >= 0.6 is 0 Å². The van der Waals surface area contributed by atoms with Gasteiger partial charge < -0.3 is 5.11 Å². The van der Waals surface area contributed by atoms with Crippen LogP contribution in [0.4, 0.5) is 0 Å². The lowest BCUT2D eigenvalue weighted by atomic mass is 9.47. The van der Waals surface area contributed by atoms with Gasteiger partial charge in [-0.25, -0.2) is 0 Å². The summed E-state index contributed by atoms with van der Waals surface area (Å²) in [6, 6.07) is 0. The van der Waals surface area contributed by atoms with Gasteiger partial charge in [0.25, 0.3) is 0 Å². The van der Waals surface area contributed by atoms with E-state index in [9.17, 15) is 5.11 Å². The van der Waals surface area contributed by atoms with Crippen molar-refractivity contribution in [3.05, 3.63) is 11.6 Å². The molecule has 10 atom stereocenters. The smallest absolute Gasteiger partial charge is 0.0577 e. The number of hydrogen-bond donors (Lipinski definition) is 1.